The normalized spacial score (nSPS) is 11.0. The van der Waals surface area contributed by atoms with Crippen molar-refractivity contribution < 1.29 is 14.0 Å². The van der Waals surface area contributed by atoms with Crippen molar-refractivity contribution in [3.63, 3.8) is 0 Å². The number of aryl methyl sites for hydroxylation is 1. The number of anilines is 2. The lowest BCUT2D eigenvalue weighted by Gasteiger charge is -2.20. The molecule has 0 fully saturated rings. The number of fused-ring (bicyclic) bond motifs is 1. The van der Waals surface area contributed by atoms with E-state index in [0.29, 0.717) is 30.0 Å². The van der Waals surface area contributed by atoms with Crippen LogP contribution in [0.15, 0.2) is 57.7 Å². The van der Waals surface area contributed by atoms with E-state index in [1.54, 1.807) is 24.3 Å². The maximum Gasteiger partial charge on any atom is 0.336 e. The van der Waals surface area contributed by atoms with Gasteiger partial charge < -0.3 is 15.1 Å². The summed E-state index contributed by atoms with van der Waals surface area (Å²) in [6, 6.07) is 14.3. The summed E-state index contributed by atoms with van der Waals surface area (Å²) >= 11 is 0. The number of benzene rings is 2. The Morgan fingerprint density at radius 1 is 0.968 bits per heavy atom. The molecule has 0 unspecified atom stereocenters. The molecule has 3 rings (SSSR count). The Bertz CT molecular complexity index is 1140. The van der Waals surface area contributed by atoms with E-state index in [1.807, 2.05) is 36.9 Å². The SMILES string of the molecule is CCc1ccc2c(CN(CC)CC(=O)Nc3ccc(NC(C)=O)cc3)cc(=O)oc2c1. The highest BCUT2D eigenvalue weighted by Crippen LogP contribution is 2.21. The van der Waals surface area contributed by atoms with Crippen LogP contribution in [0.5, 0.6) is 0 Å². The van der Waals surface area contributed by atoms with Crippen molar-refractivity contribution in [3.05, 3.63) is 70.1 Å². The zero-order valence-electron chi connectivity index (χ0n) is 18.0. The maximum atomic E-state index is 12.5. The van der Waals surface area contributed by atoms with E-state index in [-0.39, 0.29) is 18.4 Å². The predicted octanol–water partition coefficient (Wildman–Crippen LogP) is 3.77. The van der Waals surface area contributed by atoms with Gasteiger partial charge in [0, 0.05) is 36.3 Å². The molecule has 3 aromatic rings. The van der Waals surface area contributed by atoms with Gasteiger partial charge in [-0.1, -0.05) is 26.0 Å². The van der Waals surface area contributed by atoms with Crippen LogP contribution in [0, 0.1) is 0 Å². The lowest BCUT2D eigenvalue weighted by atomic mass is 10.1. The van der Waals surface area contributed by atoms with Crippen LogP contribution in [0.2, 0.25) is 0 Å². The van der Waals surface area contributed by atoms with Crippen molar-refractivity contribution in [2.45, 2.75) is 33.7 Å². The minimum atomic E-state index is -0.393. The lowest BCUT2D eigenvalue weighted by molar-refractivity contribution is -0.117. The van der Waals surface area contributed by atoms with Gasteiger partial charge in [0.25, 0.3) is 0 Å². The Hall–Kier alpha value is -3.45. The molecule has 0 atom stereocenters. The molecule has 1 heterocycles. The van der Waals surface area contributed by atoms with Crippen LogP contribution in [-0.2, 0) is 22.6 Å². The van der Waals surface area contributed by atoms with Crippen molar-refractivity contribution in [2.24, 2.45) is 0 Å². The first-order valence-electron chi connectivity index (χ1n) is 10.3. The highest BCUT2D eigenvalue weighted by Gasteiger charge is 2.14. The molecule has 0 saturated carbocycles. The summed E-state index contributed by atoms with van der Waals surface area (Å²) in [5.41, 5.74) is 3.43. The second-order valence-corrected chi connectivity index (χ2v) is 7.38. The average molecular weight is 421 g/mol. The van der Waals surface area contributed by atoms with Crippen LogP contribution in [-0.4, -0.2) is 29.8 Å². The lowest BCUT2D eigenvalue weighted by Crippen LogP contribution is -2.33. The van der Waals surface area contributed by atoms with Crippen LogP contribution in [0.1, 0.15) is 31.9 Å². The standard InChI is InChI=1S/C24H27N3O4/c1-4-17-6-11-21-18(13-24(30)31-22(21)12-17)14-27(5-2)15-23(29)26-20-9-7-19(8-10-20)25-16(3)28/h6-13H,4-5,14-15H2,1-3H3,(H,25,28)(H,26,29). The Morgan fingerprint density at radius 2 is 1.65 bits per heavy atom. The third-order valence-corrected chi connectivity index (χ3v) is 5.00. The van der Waals surface area contributed by atoms with Gasteiger partial charge >= 0.3 is 5.63 Å². The van der Waals surface area contributed by atoms with Gasteiger partial charge in [0.2, 0.25) is 11.8 Å². The third-order valence-electron chi connectivity index (χ3n) is 5.00. The maximum absolute atomic E-state index is 12.5. The molecule has 162 valence electrons. The van der Waals surface area contributed by atoms with Crippen molar-refractivity contribution in [2.75, 3.05) is 23.7 Å². The van der Waals surface area contributed by atoms with Gasteiger partial charge in [0.15, 0.2) is 0 Å². The fourth-order valence-corrected chi connectivity index (χ4v) is 3.39. The summed E-state index contributed by atoms with van der Waals surface area (Å²) in [6.07, 6.45) is 0.858. The van der Waals surface area contributed by atoms with E-state index in [9.17, 15) is 14.4 Å². The summed E-state index contributed by atoms with van der Waals surface area (Å²) in [5, 5.41) is 6.43. The Balaban J connectivity index is 1.69. The van der Waals surface area contributed by atoms with Crippen LogP contribution >= 0.6 is 0 Å². The molecule has 0 radical (unpaired) electrons. The van der Waals surface area contributed by atoms with Gasteiger partial charge in [-0.3, -0.25) is 14.5 Å². The minimum Gasteiger partial charge on any atom is -0.423 e. The summed E-state index contributed by atoms with van der Waals surface area (Å²) in [7, 11) is 0. The fraction of sp³-hybridized carbons (Fsp3) is 0.292. The average Bonchev–Trinajstić information content (AvgIpc) is 2.73. The molecule has 0 saturated heterocycles. The predicted molar refractivity (Wildman–Crippen MR) is 122 cm³/mol. The van der Waals surface area contributed by atoms with Crippen LogP contribution in [0.25, 0.3) is 11.0 Å². The molecule has 2 N–H and O–H groups in total. The number of carbonyl (C=O) groups is 2. The number of rotatable bonds is 8. The Morgan fingerprint density at radius 3 is 2.26 bits per heavy atom. The number of hydrogen-bond acceptors (Lipinski definition) is 5. The zero-order chi connectivity index (χ0) is 22.4. The van der Waals surface area contributed by atoms with E-state index in [2.05, 4.69) is 10.6 Å². The quantitative estimate of drug-likeness (QED) is 0.540. The first kappa shape index (κ1) is 22.2. The number of hydrogen-bond donors (Lipinski definition) is 2. The van der Waals surface area contributed by atoms with Crippen molar-refractivity contribution >= 4 is 34.2 Å². The summed E-state index contributed by atoms with van der Waals surface area (Å²) in [5.74, 6) is -0.307. The van der Waals surface area contributed by atoms with Crippen LogP contribution < -0.4 is 16.3 Å². The Kier molecular flexibility index (Phi) is 7.20. The minimum absolute atomic E-state index is 0.149. The first-order chi connectivity index (χ1) is 14.9. The molecule has 0 aliphatic carbocycles. The molecule has 31 heavy (non-hydrogen) atoms. The number of carbonyl (C=O) groups excluding carboxylic acids is 2. The van der Waals surface area contributed by atoms with Crippen LogP contribution in [0.4, 0.5) is 11.4 Å². The monoisotopic (exact) mass is 421 g/mol. The zero-order valence-corrected chi connectivity index (χ0v) is 18.0. The molecule has 2 aromatic carbocycles. The van der Waals surface area contributed by atoms with Gasteiger partial charge in [-0.15, -0.1) is 0 Å². The second-order valence-electron chi connectivity index (χ2n) is 7.38. The summed E-state index contributed by atoms with van der Waals surface area (Å²) in [4.78, 5) is 37.7. The molecule has 1 aromatic heterocycles. The van der Waals surface area contributed by atoms with Crippen molar-refractivity contribution in [1.29, 1.82) is 0 Å². The molecular formula is C24H27N3O4. The highest BCUT2D eigenvalue weighted by molar-refractivity contribution is 5.93. The topological polar surface area (TPSA) is 91.7 Å². The van der Waals surface area contributed by atoms with Crippen molar-refractivity contribution in [3.8, 4) is 0 Å². The molecule has 0 bridgehead atoms. The first-order valence-corrected chi connectivity index (χ1v) is 10.3. The molecule has 7 heteroatoms. The van der Waals surface area contributed by atoms with Gasteiger partial charge in [0.1, 0.15) is 5.58 Å². The number of nitrogens with zero attached hydrogens (tertiary/aromatic N) is 1. The number of amides is 2. The van der Waals surface area contributed by atoms with E-state index in [1.165, 1.54) is 13.0 Å². The van der Waals surface area contributed by atoms with Gasteiger partial charge in [-0.25, -0.2) is 4.79 Å². The second kappa shape index (κ2) is 10.0. The van der Waals surface area contributed by atoms with E-state index in [0.717, 1.165) is 22.9 Å². The molecule has 0 spiro atoms. The summed E-state index contributed by atoms with van der Waals surface area (Å²) in [6.45, 7) is 6.74. The van der Waals surface area contributed by atoms with Gasteiger partial charge in [0.05, 0.1) is 6.54 Å². The van der Waals surface area contributed by atoms with E-state index >= 15 is 0 Å². The Labute approximate surface area is 181 Å². The molecule has 7 nitrogen and oxygen atoms in total. The van der Waals surface area contributed by atoms with Crippen LogP contribution in [0.3, 0.4) is 0 Å². The highest BCUT2D eigenvalue weighted by atomic mass is 16.4. The third kappa shape index (κ3) is 6.02. The summed E-state index contributed by atoms with van der Waals surface area (Å²) < 4.78 is 5.37. The van der Waals surface area contributed by atoms with Gasteiger partial charge in [-0.2, -0.15) is 0 Å². The fourth-order valence-electron chi connectivity index (χ4n) is 3.39. The molecule has 0 aliphatic rings. The largest absolute Gasteiger partial charge is 0.423 e. The van der Waals surface area contributed by atoms with E-state index in [4.69, 9.17) is 4.42 Å². The molecular weight excluding hydrogens is 394 g/mol. The van der Waals surface area contributed by atoms with Gasteiger partial charge in [-0.05, 0) is 54.4 Å². The number of nitrogens with one attached hydrogen (secondary N) is 2. The molecule has 2 amide bonds. The molecule has 0 aliphatic heterocycles. The van der Waals surface area contributed by atoms with E-state index < -0.39 is 5.63 Å². The number of likely N-dealkylation sites (N-methyl/N-ethyl adjacent to an activating group) is 1. The smallest absolute Gasteiger partial charge is 0.336 e. The van der Waals surface area contributed by atoms with Crippen molar-refractivity contribution in [1.82, 2.24) is 4.90 Å².